The molecule has 0 aromatic rings. The fraction of sp³-hybridized carbons (Fsp3) is 1.00. The summed E-state index contributed by atoms with van der Waals surface area (Å²) in [6.45, 7) is -4.96. The van der Waals surface area contributed by atoms with Crippen LogP contribution in [0.2, 0.25) is 0 Å². The zero-order valence-electron chi connectivity index (χ0n) is 7.21. The zero-order valence-corrected chi connectivity index (χ0v) is 7.21. The summed E-state index contributed by atoms with van der Waals surface area (Å²) < 4.78 is 125. The normalized spacial score (nSPS) is 30.5. The first-order chi connectivity index (χ1) is 7.27. The summed E-state index contributed by atoms with van der Waals surface area (Å²) in [7, 11) is 0. The molecule has 0 bridgehead atoms. The van der Waals surface area contributed by atoms with E-state index in [-0.39, 0.29) is 0 Å². The molecule has 102 valence electrons. The minimum Gasteiger partial charge on any atom is -0.243 e. The summed E-state index contributed by atoms with van der Waals surface area (Å²) in [6.07, 6.45) is -12.4. The summed E-state index contributed by atoms with van der Waals surface area (Å²) in [6, 6.07) is -12.6. The summed E-state index contributed by atoms with van der Waals surface area (Å²) in [5, 5.41) is 0. The van der Waals surface area contributed by atoms with Crippen molar-refractivity contribution in [1.82, 2.24) is 4.90 Å². The Balaban J connectivity index is 3.38. The third-order valence-corrected chi connectivity index (χ3v) is 1.76. The van der Waals surface area contributed by atoms with Gasteiger partial charge in [0.1, 0.15) is 0 Å². The maximum atomic E-state index is 12.5. The molecule has 0 aromatic carbocycles. The number of rotatable bonds is 1. The Labute approximate surface area is 85.7 Å². The minimum absolute atomic E-state index is 1.93. The van der Waals surface area contributed by atoms with E-state index >= 15 is 0 Å². The largest absolute Gasteiger partial charge is 0.439 e. The number of hydrogen-bond donors (Lipinski definition) is 0. The number of halogens is 10. The van der Waals surface area contributed by atoms with Gasteiger partial charge in [-0.25, -0.2) is 4.74 Å². The molecule has 0 atom stereocenters. The van der Waals surface area contributed by atoms with Gasteiger partial charge in [-0.05, 0) is 0 Å². The second kappa shape index (κ2) is 3.37. The second-order valence-corrected chi connectivity index (χ2v) is 2.87. The van der Waals surface area contributed by atoms with Crippen molar-refractivity contribution in [2.75, 3.05) is 0 Å². The highest BCUT2D eigenvalue weighted by Gasteiger charge is 2.84. The van der Waals surface area contributed by atoms with E-state index in [1.165, 1.54) is 0 Å². The molecule has 1 heterocycles. The van der Waals surface area contributed by atoms with Gasteiger partial charge in [0.15, 0.2) is 0 Å². The first-order valence-electron chi connectivity index (χ1n) is 3.56. The summed E-state index contributed by atoms with van der Waals surface area (Å²) in [5.41, 5.74) is 0. The van der Waals surface area contributed by atoms with E-state index in [1.807, 2.05) is 4.74 Å². The lowest BCUT2D eigenvalue weighted by Crippen LogP contribution is -2.74. The molecule has 0 aliphatic carbocycles. The monoisotopic (exact) mass is 281 g/mol. The van der Waals surface area contributed by atoms with Crippen LogP contribution in [-0.2, 0) is 4.74 Å². The van der Waals surface area contributed by atoms with Crippen molar-refractivity contribution in [3.05, 3.63) is 0 Å². The van der Waals surface area contributed by atoms with Crippen LogP contribution < -0.4 is 0 Å². The van der Waals surface area contributed by atoms with Crippen molar-refractivity contribution >= 4 is 0 Å². The van der Waals surface area contributed by atoms with Crippen molar-refractivity contribution in [2.45, 2.75) is 30.9 Å². The fourth-order valence-electron chi connectivity index (χ4n) is 0.986. The van der Waals surface area contributed by atoms with Crippen molar-refractivity contribution in [2.24, 2.45) is 0 Å². The standard InChI is InChI=1S/C5HF10NO/c6-1(7)16-2(8,9)4(12,13)17-5(14,15)3(16,10)11/h1H. The lowest BCUT2D eigenvalue weighted by Gasteiger charge is -2.46. The van der Waals surface area contributed by atoms with Gasteiger partial charge in [-0.2, -0.15) is 43.9 Å². The molecule has 0 saturated carbocycles. The smallest absolute Gasteiger partial charge is 0.243 e. The average molecular weight is 281 g/mol. The van der Waals surface area contributed by atoms with Gasteiger partial charge in [0, 0.05) is 0 Å². The van der Waals surface area contributed by atoms with Gasteiger partial charge in [0.25, 0.3) is 0 Å². The lowest BCUT2D eigenvalue weighted by molar-refractivity contribution is -0.575. The molecule has 2 nitrogen and oxygen atoms in total. The van der Waals surface area contributed by atoms with Crippen molar-refractivity contribution < 1.29 is 48.6 Å². The molecule has 1 saturated heterocycles. The average Bonchev–Trinajstić information content (AvgIpc) is 1.96. The molecule has 1 rings (SSSR count). The molecule has 0 amide bonds. The molecule has 1 fully saturated rings. The third kappa shape index (κ3) is 1.73. The van der Waals surface area contributed by atoms with Crippen LogP contribution in [0, 0.1) is 0 Å². The molecule has 1 aliphatic rings. The lowest BCUT2D eigenvalue weighted by atomic mass is 10.3. The molecule has 1 aliphatic heterocycles. The van der Waals surface area contributed by atoms with E-state index in [4.69, 9.17) is 0 Å². The second-order valence-electron chi connectivity index (χ2n) is 2.87. The van der Waals surface area contributed by atoms with Crippen LogP contribution in [0.3, 0.4) is 0 Å². The van der Waals surface area contributed by atoms with E-state index in [9.17, 15) is 43.9 Å². The highest BCUT2D eigenvalue weighted by molar-refractivity contribution is 4.93. The Bertz CT molecular complexity index is 288. The number of hydrogen-bond acceptors (Lipinski definition) is 2. The molecule has 12 heteroatoms. The molecular weight excluding hydrogens is 280 g/mol. The van der Waals surface area contributed by atoms with Crippen LogP contribution in [0.4, 0.5) is 43.9 Å². The molecule has 0 radical (unpaired) electrons. The van der Waals surface area contributed by atoms with E-state index in [0.29, 0.717) is 0 Å². The topological polar surface area (TPSA) is 12.5 Å². The first-order valence-corrected chi connectivity index (χ1v) is 3.56. The van der Waals surface area contributed by atoms with Gasteiger partial charge in [-0.1, -0.05) is 0 Å². The SMILES string of the molecule is FC(F)N1C(F)(F)C(F)(F)OC(F)(F)C1(F)F. The Morgan fingerprint density at radius 1 is 0.706 bits per heavy atom. The van der Waals surface area contributed by atoms with Crippen molar-refractivity contribution in [1.29, 1.82) is 0 Å². The van der Waals surface area contributed by atoms with Crippen LogP contribution in [-0.4, -0.2) is 35.8 Å². The zero-order chi connectivity index (χ0) is 13.9. The van der Waals surface area contributed by atoms with Gasteiger partial charge in [-0.15, -0.1) is 4.90 Å². The Morgan fingerprint density at radius 2 is 1.00 bits per heavy atom. The quantitative estimate of drug-likeness (QED) is 0.541. The van der Waals surface area contributed by atoms with Crippen molar-refractivity contribution in [3.8, 4) is 0 Å². The molecular formula is C5HF10NO. The molecule has 0 spiro atoms. The van der Waals surface area contributed by atoms with Crippen LogP contribution in [0.15, 0.2) is 0 Å². The molecule has 17 heavy (non-hydrogen) atoms. The molecule has 0 N–H and O–H groups in total. The maximum Gasteiger partial charge on any atom is 0.439 e. The molecule has 0 aromatic heterocycles. The maximum absolute atomic E-state index is 12.5. The van der Waals surface area contributed by atoms with Crippen LogP contribution in [0.5, 0.6) is 0 Å². The number of alkyl halides is 10. The van der Waals surface area contributed by atoms with Crippen LogP contribution in [0.25, 0.3) is 0 Å². The van der Waals surface area contributed by atoms with Gasteiger partial charge in [0.2, 0.25) is 0 Å². The van der Waals surface area contributed by atoms with E-state index < -0.39 is 35.8 Å². The number of morpholine rings is 1. The van der Waals surface area contributed by atoms with E-state index in [1.54, 1.807) is 0 Å². The van der Waals surface area contributed by atoms with Crippen LogP contribution in [0.1, 0.15) is 0 Å². The van der Waals surface area contributed by atoms with Crippen LogP contribution >= 0.6 is 0 Å². The molecule has 0 unspecified atom stereocenters. The Kier molecular flexibility index (Phi) is 2.83. The predicted molar refractivity (Wildman–Crippen MR) is 28.7 cm³/mol. The van der Waals surface area contributed by atoms with Gasteiger partial charge in [0.05, 0.1) is 0 Å². The van der Waals surface area contributed by atoms with Gasteiger partial charge >= 0.3 is 30.9 Å². The number of ether oxygens (including phenoxy) is 1. The number of nitrogens with zero attached hydrogens (tertiary/aromatic N) is 1. The van der Waals surface area contributed by atoms with Gasteiger partial charge < -0.3 is 0 Å². The highest BCUT2D eigenvalue weighted by Crippen LogP contribution is 2.56. The summed E-state index contributed by atoms with van der Waals surface area (Å²) >= 11 is 0. The predicted octanol–water partition coefficient (Wildman–Crippen LogP) is 2.91. The fourth-order valence-corrected chi connectivity index (χ4v) is 0.986. The van der Waals surface area contributed by atoms with E-state index in [2.05, 4.69) is 0 Å². The minimum atomic E-state index is -6.30. The van der Waals surface area contributed by atoms with E-state index in [0.717, 1.165) is 0 Å². The summed E-state index contributed by atoms with van der Waals surface area (Å²) in [5.74, 6) is 0. The summed E-state index contributed by atoms with van der Waals surface area (Å²) in [4.78, 5) is -2.89. The van der Waals surface area contributed by atoms with Gasteiger partial charge in [-0.3, -0.25) is 0 Å². The van der Waals surface area contributed by atoms with Crippen molar-refractivity contribution in [3.63, 3.8) is 0 Å². The Morgan fingerprint density at radius 3 is 1.24 bits per heavy atom. The first kappa shape index (κ1) is 14.3. The highest BCUT2D eigenvalue weighted by atomic mass is 19.4. The third-order valence-electron chi connectivity index (χ3n) is 1.76. The Hall–Kier alpha value is -0.780.